The maximum absolute atomic E-state index is 11.6. The van der Waals surface area contributed by atoms with E-state index in [0.29, 0.717) is 18.2 Å². The van der Waals surface area contributed by atoms with Gasteiger partial charge in [-0.1, -0.05) is 23.7 Å². The van der Waals surface area contributed by atoms with E-state index in [0.717, 1.165) is 43.2 Å². The highest BCUT2D eigenvalue weighted by atomic mass is 35.5. The highest BCUT2D eigenvalue weighted by Gasteiger charge is 2.22. The number of likely N-dealkylation sites (tertiary alicyclic amines) is 1. The van der Waals surface area contributed by atoms with Crippen molar-refractivity contribution in [3.05, 3.63) is 59.1 Å². The molecule has 5 nitrogen and oxygen atoms in total. The van der Waals surface area contributed by atoms with Crippen LogP contribution in [-0.2, 0) is 16.4 Å². The second kappa shape index (κ2) is 9.16. The Kier molecular flexibility index (Phi) is 6.86. The molecule has 0 aliphatic carbocycles. The Morgan fingerprint density at radius 1 is 1.21 bits per heavy atom. The zero-order valence-electron chi connectivity index (χ0n) is 16.3. The van der Waals surface area contributed by atoms with Crippen LogP contribution < -0.4 is 9.04 Å². The lowest BCUT2D eigenvalue weighted by atomic mass is 10.1. The Balaban J connectivity index is 1.43. The van der Waals surface area contributed by atoms with E-state index in [-0.39, 0.29) is 0 Å². The van der Waals surface area contributed by atoms with Crippen LogP contribution in [-0.4, -0.2) is 52.9 Å². The predicted octanol–water partition coefficient (Wildman–Crippen LogP) is 3.68. The van der Waals surface area contributed by atoms with Crippen molar-refractivity contribution >= 4 is 27.3 Å². The number of halogens is 1. The molecular weight excluding hydrogens is 396 g/mol. The Labute approximate surface area is 172 Å². The van der Waals surface area contributed by atoms with E-state index in [1.807, 2.05) is 30.3 Å². The topological polar surface area (TPSA) is 49.9 Å². The number of hydrogen-bond acceptors (Lipinski definition) is 4. The van der Waals surface area contributed by atoms with Gasteiger partial charge in [0.05, 0.1) is 18.6 Å². The summed E-state index contributed by atoms with van der Waals surface area (Å²) in [6.45, 7) is 3.83. The van der Waals surface area contributed by atoms with Crippen LogP contribution in [0.15, 0.2) is 48.5 Å². The smallest absolute Gasteiger partial charge is 0.231 e. The first kappa shape index (κ1) is 21.0. The van der Waals surface area contributed by atoms with Gasteiger partial charge in [0, 0.05) is 31.1 Å². The zero-order chi connectivity index (χ0) is 20.1. The minimum atomic E-state index is -3.25. The second-order valence-electron chi connectivity index (χ2n) is 7.37. The van der Waals surface area contributed by atoms with Crippen LogP contribution >= 0.6 is 11.6 Å². The van der Waals surface area contributed by atoms with Crippen LogP contribution in [0.25, 0.3) is 0 Å². The van der Waals surface area contributed by atoms with Crippen LogP contribution in [0.1, 0.15) is 12.0 Å². The van der Waals surface area contributed by atoms with Crippen molar-refractivity contribution in [1.29, 1.82) is 0 Å². The molecule has 0 spiro atoms. The normalized spacial score (nSPS) is 17.6. The number of hydrogen-bond donors (Lipinski definition) is 0. The summed E-state index contributed by atoms with van der Waals surface area (Å²) in [5, 5.41) is 0.791. The van der Waals surface area contributed by atoms with Crippen molar-refractivity contribution in [3.8, 4) is 5.75 Å². The average molecular weight is 423 g/mol. The first-order chi connectivity index (χ1) is 13.3. The van der Waals surface area contributed by atoms with Crippen molar-refractivity contribution < 1.29 is 13.2 Å². The van der Waals surface area contributed by atoms with Crippen molar-refractivity contribution in [1.82, 2.24) is 4.90 Å². The molecule has 3 rings (SSSR count). The molecule has 0 saturated carbocycles. The Morgan fingerprint density at radius 3 is 2.64 bits per heavy atom. The first-order valence-electron chi connectivity index (χ1n) is 9.45. The third kappa shape index (κ3) is 5.87. The summed E-state index contributed by atoms with van der Waals surface area (Å²) < 4.78 is 30.4. The quantitative estimate of drug-likeness (QED) is 0.651. The van der Waals surface area contributed by atoms with E-state index in [9.17, 15) is 8.42 Å². The molecule has 0 radical (unpaired) electrons. The molecule has 0 N–H and O–H groups in total. The molecule has 0 aromatic heterocycles. The summed E-state index contributed by atoms with van der Waals surface area (Å²) in [7, 11) is -1.71. The third-order valence-electron chi connectivity index (χ3n) is 5.16. The zero-order valence-corrected chi connectivity index (χ0v) is 17.9. The molecule has 2 aromatic rings. The number of ether oxygens (including phenoxy) is 1. The Morgan fingerprint density at radius 2 is 1.96 bits per heavy atom. The van der Waals surface area contributed by atoms with Gasteiger partial charge in [-0.25, -0.2) is 8.42 Å². The lowest BCUT2D eigenvalue weighted by Gasteiger charge is -2.18. The number of anilines is 1. The number of rotatable bonds is 8. The van der Waals surface area contributed by atoms with Gasteiger partial charge in [0.1, 0.15) is 5.75 Å². The van der Waals surface area contributed by atoms with Gasteiger partial charge in [-0.05, 0) is 61.3 Å². The first-order valence-corrected chi connectivity index (χ1v) is 11.7. The van der Waals surface area contributed by atoms with Gasteiger partial charge >= 0.3 is 0 Å². The van der Waals surface area contributed by atoms with Gasteiger partial charge in [0.2, 0.25) is 10.0 Å². The minimum absolute atomic E-state index is 0.512. The Bertz CT molecular complexity index is 887. The average Bonchev–Trinajstić information content (AvgIpc) is 3.12. The largest absolute Gasteiger partial charge is 0.493 e. The molecule has 0 bridgehead atoms. The minimum Gasteiger partial charge on any atom is -0.493 e. The third-order valence-corrected chi connectivity index (χ3v) is 6.60. The molecule has 1 heterocycles. The standard InChI is InChI=1S/C21H27ClN2O3S/c1-23(28(2,25)26)20-6-8-21(9-7-20)27-16-18-11-13-24(15-18)12-10-17-4-3-5-19(22)14-17/h3-9,14,18H,10-13,15-16H2,1-2H3. The highest BCUT2D eigenvalue weighted by Crippen LogP contribution is 2.23. The molecule has 2 aromatic carbocycles. The summed E-state index contributed by atoms with van der Waals surface area (Å²) in [6, 6.07) is 15.2. The molecule has 0 amide bonds. The maximum Gasteiger partial charge on any atom is 0.231 e. The molecule has 1 aliphatic rings. The molecular formula is C21H27ClN2O3S. The van der Waals surface area contributed by atoms with Gasteiger partial charge < -0.3 is 9.64 Å². The number of nitrogens with zero attached hydrogens (tertiary/aromatic N) is 2. The van der Waals surface area contributed by atoms with E-state index in [1.165, 1.54) is 16.1 Å². The fraction of sp³-hybridized carbons (Fsp3) is 0.429. The summed E-state index contributed by atoms with van der Waals surface area (Å²) >= 11 is 6.05. The lowest BCUT2D eigenvalue weighted by molar-refractivity contribution is 0.241. The van der Waals surface area contributed by atoms with Gasteiger partial charge in [-0.3, -0.25) is 4.31 Å². The van der Waals surface area contributed by atoms with Gasteiger partial charge in [0.25, 0.3) is 0 Å². The summed E-state index contributed by atoms with van der Waals surface area (Å²) in [5.41, 5.74) is 1.90. The number of sulfonamides is 1. The summed E-state index contributed by atoms with van der Waals surface area (Å²) in [6.07, 6.45) is 3.32. The lowest BCUT2D eigenvalue weighted by Crippen LogP contribution is -2.25. The maximum atomic E-state index is 11.6. The van der Waals surface area contributed by atoms with Crippen molar-refractivity contribution in [2.45, 2.75) is 12.8 Å². The van der Waals surface area contributed by atoms with Crippen LogP contribution in [0.5, 0.6) is 5.75 Å². The van der Waals surface area contributed by atoms with Gasteiger partial charge in [0.15, 0.2) is 0 Å². The Hall–Kier alpha value is -1.76. The molecule has 1 atom stereocenters. The molecule has 1 saturated heterocycles. The molecule has 152 valence electrons. The van der Waals surface area contributed by atoms with Crippen LogP contribution in [0.2, 0.25) is 5.02 Å². The summed E-state index contributed by atoms with van der Waals surface area (Å²) in [4.78, 5) is 2.47. The van der Waals surface area contributed by atoms with Crippen LogP contribution in [0.4, 0.5) is 5.69 Å². The van der Waals surface area contributed by atoms with Crippen LogP contribution in [0, 0.1) is 5.92 Å². The fourth-order valence-electron chi connectivity index (χ4n) is 3.39. The van der Waals surface area contributed by atoms with Gasteiger partial charge in [-0.15, -0.1) is 0 Å². The number of benzene rings is 2. The van der Waals surface area contributed by atoms with E-state index < -0.39 is 10.0 Å². The molecule has 1 aliphatic heterocycles. The van der Waals surface area contributed by atoms with E-state index in [4.69, 9.17) is 16.3 Å². The predicted molar refractivity (Wildman–Crippen MR) is 115 cm³/mol. The second-order valence-corrected chi connectivity index (χ2v) is 9.82. The fourth-order valence-corrected chi connectivity index (χ4v) is 4.11. The van der Waals surface area contributed by atoms with E-state index >= 15 is 0 Å². The van der Waals surface area contributed by atoms with E-state index in [2.05, 4.69) is 11.0 Å². The highest BCUT2D eigenvalue weighted by molar-refractivity contribution is 7.92. The van der Waals surface area contributed by atoms with E-state index in [1.54, 1.807) is 19.2 Å². The summed E-state index contributed by atoms with van der Waals surface area (Å²) in [5.74, 6) is 1.28. The van der Waals surface area contributed by atoms with Crippen molar-refractivity contribution in [2.24, 2.45) is 5.92 Å². The van der Waals surface area contributed by atoms with Crippen molar-refractivity contribution in [3.63, 3.8) is 0 Å². The monoisotopic (exact) mass is 422 g/mol. The molecule has 1 unspecified atom stereocenters. The molecule has 28 heavy (non-hydrogen) atoms. The SMILES string of the molecule is CN(c1ccc(OCC2CCN(CCc3cccc(Cl)c3)C2)cc1)S(C)(=O)=O. The molecule has 1 fully saturated rings. The van der Waals surface area contributed by atoms with Gasteiger partial charge in [-0.2, -0.15) is 0 Å². The molecule has 7 heteroatoms. The van der Waals surface area contributed by atoms with Crippen LogP contribution in [0.3, 0.4) is 0 Å². The van der Waals surface area contributed by atoms with Crippen molar-refractivity contribution in [2.75, 3.05) is 43.8 Å².